The van der Waals surface area contributed by atoms with E-state index < -0.39 is 5.97 Å². The van der Waals surface area contributed by atoms with Gasteiger partial charge in [0, 0.05) is 12.2 Å². The Balaban J connectivity index is 3.19. The van der Waals surface area contributed by atoms with Gasteiger partial charge in [0.1, 0.15) is 5.69 Å². The van der Waals surface area contributed by atoms with Crippen molar-refractivity contribution in [2.75, 3.05) is 0 Å². The first-order valence-electron chi connectivity index (χ1n) is 4.84. The van der Waals surface area contributed by atoms with E-state index in [2.05, 4.69) is 20.8 Å². The van der Waals surface area contributed by atoms with Crippen molar-refractivity contribution in [3.05, 3.63) is 23.0 Å². The summed E-state index contributed by atoms with van der Waals surface area (Å²) in [6.45, 7) is 8.19. The molecule has 0 aliphatic carbocycles. The van der Waals surface area contributed by atoms with Gasteiger partial charge in [-0.2, -0.15) is 0 Å². The molecule has 1 unspecified atom stereocenters. The van der Waals surface area contributed by atoms with Crippen LogP contribution in [0.3, 0.4) is 0 Å². The van der Waals surface area contributed by atoms with Crippen LogP contribution < -0.4 is 0 Å². The summed E-state index contributed by atoms with van der Waals surface area (Å²) >= 11 is 5.82. The molecule has 1 N–H and O–H groups in total. The highest BCUT2D eigenvalue weighted by molar-refractivity contribution is 6.30. The first-order chi connectivity index (χ1) is 6.73. The SMILES string of the molecule is CC(n1cc(Cl)cc1C(=O)O)C(C)(C)C. The number of rotatable bonds is 2. The van der Waals surface area contributed by atoms with Crippen molar-refractivity contribution in [2.24, 2.45) is 5.41 Å². The topological polar surface area (TPSA) is 42.2 Å². The number of aromatic carboxylic acids is 1. The van der Waals surface area contributed by atoms with Crippen molar-refractivity contribution in [3.8, 4) is 0 Å². The standard InChI is InChI=1S/C11H16ClNO2/c1-7(11(2,3)4)13-6-8(12)5-9(13)10(14)15/h5-7H,1-4H3,(H,14,15). The van der Waals surface area contributed by atoms with Crippen LogP contribution in [0, 0.1) is 5.41 Å². The number of halogens is 1. The van der Waals surface area contributed by atoms with Gasteiger partial charge in [-0.05, 0) is 18.4 Å². The molecule has 4 heteroatoms. The monoisotopic (exact) mass is 229 g/mol. The lowest BCUT2D eigenvalue weighted by Gasteiger charge is -2.29. The van der Waals surface area contributed by atoms with E-state index in [4.69, 9.17) is 16.7 Å². The minimum atomic E-state index is -0.946. The molecule has 84 valence electrons. The molecule has 0 radical (unpaired) electrons. The van der Waals surface area contributed by atoms with Crippen LogP contribution in [0.15, 0.2) is 12.3 Å². The molecule has 1 rings (SSSR count). The number of aromatic nitrogens is 1. The van der Waals surface area contributed by atoms with Crippen LogP contribution in [-0.2, 0) is 0 Å². The number of carboxylic acid groups (broad SMARTS) is 1. The van der Waals surface area contributed by atoms with Gasteiger partial charge < -0.3 is 9.67 Å². The molecule has 1 aromatic rings. The smallest absolute Gasteiger partial charge is 0.352 e. The fourth-order valence-corrected chi connectivity index (χ4v) is 1.56. The lowest BCUT2D eigenvalue weighted by atomic mass is 9.88. The highest BCUT2D eigenvalue weighted by Crippen LogP contribution is 2.32. The average Bonchev–Trinajstić information content (AvgIpc) is 2.44. The van der Waals surface area contributed by atoms with E-state index in [-0.39, 0.29) is 17.2 Å². The van der Waals surface area contributed by atoms with E-state index in [9.17, 15) is 4.79 Å². The summed E-state index contributed by atoms with van der Waals surface area (Å²) < 4.78 is 1.71. The van der Waals surface area contributed by atoms with E-state index in [0.717, 1.165) is 0 Å². The molecule has 0 fully saturated rings. The Morgan fingerprint density at radius 2 is 2.07 bits per heavy atom. The third-order valence-electron chi connectivity index (χ3n) is 2.70. The molecule has 0 bridgehead atoms. The highest BCUT2D eigenvalue weighted by Gasteiger charge is 2.25. The fourth-order valence-electron chi connectivity index (χ4n) is 1.35. The van der Waals surface area contributed by atoms with Crippen LogP contribution in [-0.4, -0.2) is 15.6 Å². The van der Waals surface area contributed by atoms with Crippen molar-refractivity contribution in [3.63, 3.8) is 0 Å². The van der Waals surface area contributed by atoms with Gasteiger partial charge in [-0.15, -0.1) is 0 Å². The molecular formula is C11H16ClNO2. The molecule has 0 aliphatic rings. The van der Waals surface area contributed by atoms with E-state index in [1.165, 1.54) is 6.07 Å². The summed E-state index contributed by atoms with van der Waals surface area (Å²) in [5.41, 5.74) is 0.231. The summed E-state index contributed by atoms with van der Waals surface area (Å²) in [5.74, 6) is -0.946. The molecule has 0 amide bonds. The summed E-state index contributed by atoms with van der Waals surface area (Å²) in [6, 6.07) is 1.56. The van der Waals surface area contributed by atoms with Gasteiger partial charge in [0.15, 0.2) is 0 Å². The number of hydrogen-bond acceptors (Lipinski definition) is 1. The maximum atomic E-state index is 11.0. The minimum Gasteiger partial charge on any atom is -0.477 e. The zero-order valence-corrected chi connectivity index (χ0v) is 10.2. The third kappa shape index (κ3) is 2.53. The Labute approximate surface area is 94.7 Å². The Morgan fingerprint density at radius 1 is 1.53 bits per heavy atom. The van der Waals surface area contributed by atoms with Crippen molar-refractivity contribution in [1.82, 2.24) is 4.57 Å². The molecule has 0 saturated heterocycles. The first kappa shape index (κ1) is 12.1. The van der Waals surface area contributed by atoms with Crippen LogP contribution >= 0.6 is 11.6 Å². The molecule has 0 spiro atoms. The van der Waals surface area contributed by atoms with Gasteiger partial charge in [-0.3, -0.25) is 0 Å². The molecular weight excluding hydrogens is 214 g/mol. The molecule has 1 aromatic heterocycles. The third-order valence-corrected chi connectivity index (χ3v) is 2.91. The van der Waals surface area contributed by atoms with Gasteiger partial charge in [0.2, 0.25) is 0 Å². The van der Waals surface area contributed by atoms with Gasteiger partial charge in [-0.1, -0.05) is 32.4 Å². The Kier molecular flexibility index (Phi) is 3.14. The van der Waals surface area contributed by atoms with E-state index in [1.807, 2.05) is 6.92 Å². The zero-order chi connectivity index (χ0) is 11.8. The fraction of sp³-hybridized carbons (Fsp3) is 0.545. The Hall–Kier alpha value is -0.960. The second kappa shape index (κ2) is 3.89. The van der Waals surface area contributed by atoms with Gasteiger partial charge in [0.05, 0.1) is 5.02 Å². The molecule has 15 heavy (non-hydrogen) atoms. The summed E-state index contributed by atoms with van der Waals surface area (Å²) in [6.07, 6.45) is 1.67. The Morgan fingerprint density at radius 3 is 2.47 bits per heavy atom. The summed E-state index contributed by atoms with van der Waals surface area (Å²) in [7, 11) is 0. The van der Waals surface area contributed by atoms with Gasteiger partial charge in [-0.25, -0.2) is 4.79 Å². The first-order valence-corrected chi connectivity index (χ1v) is 5.22. The van der Waals surface area contributed by atoms with Crippen LogP contribution in [0.2, 0.25) is 5.02 Å². The molecule has 1 heterocycles. The maximum Gasteiger partial charge on any atom is 0.352 e. The predicted molar refractivity (Wildman–Crippen MR) is 60.6 cm³/mol. The second-order valence-electron chi connectivity index (χ2n) is 4.80. The second-order valence-corrected chi connectivity index (χ2v) is 5.23. The summed E-state index contributed by atoms with van der Waals surface area (Å²) in [5, 5.41) is 9.48. The molecule has 0 aliphatic heterocycles. The lowest BCUT2D eigenvalue weighted by molar-refractivity contribution is 0.0678. The quantitative estimate of drug-likeness (QED) is 0.844. The maximum absolute atomic E-state index is 11.0. The van der Waals surface area contributed by atoms with Crippen molar-refractivity contribution in [2.45, 2.75) is 33.7 Å². The van der Waals surface area contributed by atoms with Crippen LogP contribution in [0.5, 0.6) is 0 Å². The van der Waals surface area contributed by atoms with Crippen molar-refractivity contribution < 1.29 is 9.90 Å². The predicted octanol–water partition coefficient (Wildman–Crippen LogP) is 3.45. The van der Waals surface area contributed by atoms with Crippen LogP contribution in [0.25, 0.3) is 0 Å². The highest BCUT2D eigenvalue weighted by atomic mass is 35.5. The van der Waals surface area contributed by atoms with Crippen molar-refractivity contribution in [1.29, 1.82) is 0 Å². The van der Waals surface area contributed by atoms with Gasteiger partial charge in [0.25, 0.3) is 0 Å². The number of nitrogens with zero attached hydrogens (tertiary/aromatic N) is 1. The normalized spacial score (nSPS) is 13.9. The van der Waals surface area contributed by atoms with Crippen LogP contribution in [0.1, 0.15) is 44.2 Å². The average molecular weight is 230 g/mol. The number of carbonyl (C=O) groups is 1. The van der Waals surface area contributed by atoms with Crippen LogP contribution in [0.4, 0.5) is 0 Å². The molecule has 3 nitrogen and oxygen atoms in total. The van der Waals surface area contributed by atoms with Crippen molar-refractivity contribution >= 4 is 17.6 Å². The summed E-state index contributed by atoms with van der Waals surface area (Å²) in [4.78, 5) is 11.0. The molecule has 0 saturated carbocycles. The molecule has 0 aromatic carbocycles. The Bertz CT molecular complexity index is 376. The minimum absolute atomic E-state index is 0.00739. The van der Waals surface area contributed by atoms with E-state index >= 15 is 0 Å². The number of carboxylic acids is 1. The molecule has 1 atom stereocenters. The van der Waals surface area contributed by atoms with E-state index in [0.29, 0.717) is 5.02 Å². The lowest BCUT2D eigenvalue weighted by Crippen LogP contribution is -2.23. The number of hydrogen-bond donors (Lipinski definition) is 1. The largest absolute Gasteiger partial charge is 0.477 e. The zero-order valence-electron chi connectivity index (χ0n) is 9.41. The van der Waals surface area contributed by atoms with Gasteiger partial charge >= 0.3 is 5.97 Å². The van der Waals surface area contributed by atoms with E-state index in [1.54, 1.807) is 10.8 Å².